The summed E-state index contributed by atoms with van der Waals surface area (Å²) in [6, 6.07) is 23.0. The SMILES string of the molecule is C=C(/C=C\C)Nc1ccc(Nc2ccc(C(CC)c3ccc(OC)c(OC)c3)cc2)cc1. The number of hydrogen-bond acceptors (Lipinski definition) is 4. The average molecular weight is 429 g/mol. The molecule has 0 aliphatic rings. The number of methoxy groups -OCH3 is 2. The molecule has 0 heterocycles. The summed E-state index contributed by atoms with van der Waals surface area (Å²) in [5, 5.41) is 6.73. The van der Waals surface area contributed by atoms with E-state index in [9.17, 15) is 0 Å². The summed E-state index contributed by atoms with van der Waals surface area (Å²) >= 11 is 0. The number of benzene rings is 3. The van der Waals surface area contributed by atoms with Crippen molar-refractivity contribution in [2.45, 2.75) is 26.2 Å². The number of hydrogen-bond donors (Lipinski definition) is 2. The van der Waals surface area contributed by atoms with E-state index in [1.54, 1.807) is 14.2 Å². The zero-order chi connectivity index (χ0) is 22.9. The van der Waals surface area contributed by atoms with Gasteiger partial charge >= 0.3 is 0 Å². The Morgan fingerprint density at radius 3 is 1.97 bits per heavy atom. The molecule has 3 aromatic rings. The lowest BCUT2D eigenvalue weighted by atomic mass is 9.89. The Bertz CT molecular complexity index is 1050. The van der Waals surface area contributed by atoms with Gasteiger partial charge in [0.1, 0.15) is 0 Å². The lowest BCUT2D eigenvalue weighted by Crippen LogP contribution is -2.01. The Kier molecular flexibility index (Phi) is 7.98. The molecule has 0 saturated heterocycles. The molecule has 4 nitrogen and oxygen atoms in total. The summed E-state index contributed by atoms with van der Waals surface area (Å²) in [7, 11) is 3.33. The van der Waals surface area contributed by atoms with Crippen LogP contribution in [0.1, 0.15) is 37.3 Å². The van der Waals surface area contributed by atoms with Crippen LogP contribution in [0.4, 0.5) is 17.1 Å². The van der Waals surface area contributed by atoms with Crippen molar-refractivity contribution < 1.29 is 9.47 Å². The maximum Gasteiger partial charge on any atom is 0.161 e. The highest BCUT2D eigenvalue weighted by Gasteiger charge is 2.15. The zero-order valence-corrected chi connectivity index (χ0v) is 19.3. The summed E-state index contributed by atoms with van der Waals surface area (Å²) < 4.78 is 10.9. The van der Waals surface area contributed by atoms with Gasteiger partial charge in [0.25, 0.3) is 0 Å². The first-order valence-electron chi connectivity index (χ1n) is 10.9. The van der Waals surface area contributed by atoms with Crippen molar-refractivity contribution in [3.05, 3.63) is 102 Å². The molecule has 0 radical (unpaired) electrons. The fourth-order valence-corrected chi connectivity index (χ4v) is 3.76. The molecule has 0 aliphatic heterocycles. The molecule has 0 bridgehead atoms. The first-order chi connectivity index (χ1) is 15.6. The van der Waals surface area contributed by atoms with Crippen molar-refractivity contribution in [2.24, 2.45) is 0 Å². The van der Waals surface area contributed by atoms with E-state index in [4.69, 9.17) is 9.47 Å². The average Bonchev–Trinajstić information content (AvgIpc) is 2.82. The Labute approximate surface area is 191 Å². The number of rotatable bonds is 10. The van der Waals surface area contributed by atoms with Gasteiger partial charge in [0, 0.05) is 28.7 Å². The largest absolute Gasteiger partial charge is 0.493 e. The Hall–Kier alpha value is -3.66. The van der Waals surface area contributed by atoms with E-state index in [1.807, 2.05) is 37.3 Å². The number of allylic oxidation sites excluding steroid dienone is 2. The van der Waals surface area contributed by atoms with Gasteiger partial charge in [0.2, 0.25) is 0 Å². The van der Waals surface area contributed by atoms with Crippen molar-refractivity contribution >= 4 is 17.1 Å². The van der Waals surface area contributed by atoms with Gasteiger partial charge in [-0.2, -0.15) is 0 Å². The van der Waals surface area contributed by atoms with Crippen LogP contribution in [0.2, 0.25) is 0 Å². The van der Waals surface area contributed by atoms with Crippen LogP contribution in [0.25, 0.3) is 0 Å². The fourth-order valence-electron chi connectivity index (χ4n) is 3.76. The molecular formula is C28H32N2O2. The second-order valence-electron chi connectivity index (χ2n) is 7.55. The van der Waals surface area contributed by atoms with Crippen LogP contribution in [-0.4, -0.2) is 14.2 Å². The highest BCUT2D eigenvalue weighted by Crippen LogP contribution is 2.35. The first kappa shape index (κ1) is 23.0. The predicted octanol–water partition coefficient (Wildman–Crippen LogP) is 7.49. The first-order valence-corrected chi connectivity index (χ1v) is 10.9. The normalized spacial score (nSPS) is 11.8. The van der Waals surface area contributed by atoms with Crippen LogP contribution < -0.4 is 20.1 Å². The van der Waals surface area contributed by atoms with Gasteiger partial charge in [-0.15, -0.1) is 0 Å². The molecule has 3 rings (SSSR count). The van der Waals surface area contributed by atoms with Gasteiger partial charge in [0.15, 0.2) is 11.5 Å². The molecule has 0 saturated carbocycles. The molecule has 32 heavy (non-hydrogen) atoms. The molecule has 1 atom stereocenters. The van der Waals surface area contributed by atoms with Crippen molar-refractivity contribution in [3.8, 4) is 11.5 Å². The van der Waals surface area contributed by atoms with E-state index in [1.165, 1.54) is 11.1 Å². The van der Waals surface area contributed by atoms with Crippen molar-refractivity contribution in [3.63, 3.8) is 0 Å². The Morgan fingerprint density at radius 1 is 0.844 bits per heavy atom. The van der Waals surface area contributed by atoms with Crippen LogP contribution >= 0.6 is 0 Å². The lowest BCUT2D eigenvalue weighted by Gasteiger charge is -2.18. The summed E-state index contributed by atoms with van der Waals surface area (Å²) in [4.78, 5) is 0. The summed E-state index contributed by atoms with van der Waals surface area (Å²) in [6.45, 7) is 8.15. The maximum absolute atomic E-state index is 5.49. The van der Waals surface area contributed by atoms with Crippen molar-refractivity contribution in [1.82, 2.24) is 0 Å². The Balaban J connectivity index is 1.70. The summed E-state index contributed by atoms with van der Waals surface area (Å²) in [6.07, 6.45) is 4.90. The molecule has 0 aliphatic carbocycles. The van der Waals surface area contributed by atoms with Crippen LogP contribution in [0.3, 0.4) is 0 Å². The number of ether oxygens (including phenoxy) is 2. The van der Waals surface area contributed by atoms with E-state index >= 15 is 0 Å². The molecule has 166 valence electrons. The highest BCUT2D eigenvalue weighted by atomic mass is 16.5. The van der Waals surface area contributed by atoms with E-state index < -0.39 is 0 Å². The van der Waals surface area contributed by atoms with E-state index in [-0.39, 0.29) is 0 Å². The molecular weight excluding hydrogens is 396 g/mol. The Morgan fingerprint density at radius 2 is 1.41 bits per heavy atom. The quantitative estimate of drug-likeness (QED) is 0.328. The van der Waals surface area contributed by atoms with Crippen LogP contribution in [0.15, 0.2) is 91.2 Å². The predicted molar refractivity (Wildman–Crippen MR) is 135 cm³/mol. The van der Waals surface area contributed by atoms with Gasteiger partial charge < -0.3 is 20.1 Å². The van der Waals surface area contributed by atoms with Gasteiger partial charge in [-0.25, -0.2) is 0 Å². The van der Waals surface area contributed by atoms with Crippen LogP contribution in [-0.2, 0) is 0 Å². The standard InChI is InChI=1S/C28H32N2O2/c1-6-8-20(3)29-23-14-16-25(17-15-23)30-24-12-9-21(10-13-24)26(7-2)22-11-18-27(31-4)28(19-22)32-5/h6,8-19,26,29-30H,3,7H2,1-2,4-5H3/b8-6-. The second-order valence-corrected chi connectivity index (χ2v) is 7.55. The van der Waals surface area contributed by atoms with E-state index in [2.05, 4.69) is 72.7 Å². The highest BCUT2D eigenvalue weighted by molar-refractivity contribution is 5.64. The van der Waals surface area contributed by atoms with Crippen LogP contribution in [0.5, 0.6) is 11.5 Å². The number of anilines is 3. The van der Waals surface area contributed by atoms with Crippen LogP contribution in [0, 0.1) is 0 Å². The summed E-state index contributed by atoms with van der Waals surface area (Å²) in [5.41, 5.74) is 6.45. The van der Waals surface area contributed by atoms with Gasteiger partial charge in [-0.1, -0.05) is 37.8 Å². The molecule has 2 N–H and O–H groups in total. The molecule has 0 amide bonds. The molecule has 0 fully saturated rings. The number of nitrogens with one attached hydrogen (secondary N) is 2. The molecule has 3 aromatic carbocycles. The molecule has 1 unspecified atom stereocenters. The van der Waals surface area contributed by atoms with Crippen molar-refractivity contribution in [1.29, 1.82) is 0 Å². The van der Waals surface area contributed by atoms with Gasteiger partial charge in [0.05, 0.1) is 14.2 Å². The van der Waals surface area contributed by atoms with Gasteiger partial charge in [-0.05, 0) is 79.1 Å². The van der Waals surface area contributed by atoms with E-state index in [0.29, 0.717) is 5.92 Å². The minimum absolute atomic E-state index is 0.291. The monoisotopic (exact) mass is 428 g/mol. The third-order valence-corrected chi connectivity index (χ3v) is 5.38. The second kappa shape index (κ2) is 11.1. The molecule has 0 spiro atoms. The summed E-state index contributed by atoms with van der Waals surface area (Å²) in [5.74, 6) is 1.80. The third-order valence-electron chi connectivity index (χ3n) is 5.38. The molecule has 0 aromatic heterocycles. The minimum atomic E-state index is 0.291. The maximum atomic E-state index is 5.49. The molecule has 4 heteroatoms. The smallest absolute Gasteiger partial charge is 0.161 e. The fraction of sp³-hybridized carbons (Fsp3) is 0.214. The lowest BCUT2D eigenvalue weighted by molar-refractivity contribution is 0.354. The third kappa shape index (κ3) is 5.73. The van der Waals surface area contributed by atoms with Gasteiger partial charge in [-0.3, -0.25) is 0 Å². The zero-order valence-electron chi connectivity index (χ0n) is 19.3. The topological polar surface area (TPSA) is 42.5 Å². The minimum Gasteiger partial charge on any atom is -0.493 e. The van der Waals surface area contributed by atoms with Crippen molar-refractivity contribution in [2.75, 3.05) is 24.9 Å². The van der Waals surface area contributed by atoms with E-state index in [0.717, 1.165) is 40.7 Å².